The normalized spacial score (nSPS) is 20.6. The Balaban J connectivity index is 2.03. The average Bonchev–Trinajstić information content (AvgIpc) is 2.71. The predicted octanol–water partition coefficient (Wildman–Crippen LogP) is 1.54. The van der Waals surface area contributed by atoms with E-state index >= 15 is 0 Å². The molecule has 1 fully saturated rings. The molecule has 2 rings (SSSR count). The molecule has 0 aliphatic carbocycles. The summed E-state index contributed by atoms with van der Waals surface area (Å²) >= 11 is 0. The van der Waals surface area contributed by atoms with Crippen molar-refractivity contribution in [2.75, 3.05) is 12.3 Å². The lowest BCUT2D eigenvalue weighted by atomic mass is 10.1. The number of nitro benzene ring substituents is 1. The Bertz CT molecular complexity index is 663. The highest BCUT2D eigenvalue weighted by Crippen LogP contribution is 2.22. The summed E-state index contributed by atoms with van der Waals surface area (Å²) in [5.41, 5.74) is -0.875. The van der Waals surface area contributed by atoms with Crippen LogP contribution in [0.15, 0.2) is 12.1 Å². The number of hydrogen-bond donors (Lipinski definition) is 1. The van der Waals surface area contributed by atoms with Crippen LogP contribution in [0.5, 0.6) is 0 Å². The maximum atomic E-state index is 13.5. The minimum absolute atomic E-state index is 0.0708. The Labute approximate surface area is 120 Å². The molecule has 1 unspecified atom stereocenters. The summed E-state index contributed by atoms with van der Waals surface area (Å²) in [7, 11) is -3.10. The number of rotatable bonds is 5. The van der Waals surface area contributed by atoms with Crippen molar-refractivity contribution in [1.82, 2.24) is 5.32 Å². The van der Waals surface area contributed by atoms with Crippen molar-refractivity contribution in [2.24, 2.45) is 0 Å². The van der Waals surface area contributed by atoms with Gasteiger partial charge in [-0.25, -0.2) is 12.8 Å². The summed E-state index contributed by atoms with van der Waals surface area (Å²) in [6.07, 6.45) is 1.15. The third kappa shape index (κ3) is 3.53. The van der Waals surface area contributed by atoms with E-state index in [1.807, 2.05) is 0 Å². The Morgan fingerprint density at radius 3 is 2.62 bits per heavy atom. The molecule has 0 saturated carbocycles. The second-order valence-electron chi connectivity index (χ2n) is 4.91. The van der Waals surface area contributed by atoms with Crippen LogP contribution in [0.3, 0.4) is 0 Å². The molecular weight excluding hydrogens is 306 g/mol. The molecule has 0 aromatic heterocycles. The van der Waals surface area contributed by atoms with Crippen molar-refractivity contribution < 1.29 is 22.1 Å². The first-order valence-corrected chi connectivity index (χ1v) is 8.07. The van der Waals surface area contributed by atoms with Crippen molar-refractivity contribution in [3.8, 4) is 0 Å². The lowest BCUT2D eigenvalue weighted by Crippen LogP contribution is -2.30. The average molecular weight is 320 g/mol. The van der Waals surface area contributed by atoms with E-state index in [0.29, 0.717) is 18.9 Å². The van der Waals surface area contributed by atoms with Gasteiger partial charge >= 0.3 is 5.69 Å². The van der Waals surface area contributed by atoms with Crippen molar-refractivity contribution in [3.63, 3.8) is 0 Å². The summed E-state index contributed by atoms with van der Waals surface area (Å²) in [5, 5.41) is 12.8. The summed E-state index contributed by atoms with van der Waals surface area (Å²) in [5.74, 6) is -1.99. The van der Waals surface area contributed by atoms with E-state index < -0.39 is 37.3 Å². The number of nitrogens with zero attached hydrogens (tertiary/aromatic N) is 1. The van der Waals surface area contributed by atoms with Crippen LogP contribution >= 0.6 is 0 Å². The van der Waals surface area contributed by atoms with Crippen LogP contribution in [-0.2, 0) is 16.4 Å². The molecule has 1 aliphatic heterocycles. The lowest BCUT2D eigenvalue weighted by Gasteiger charge is -2.11. The van der Waals surface area contributed by atoms with Crippen LogP contribution in [0, 0.1) is 21.7 Å². The van der Waals surface area contributed by atoms with Gasteiger partial charge in [-0.1, -0.05) is 0 Å². The molecule has 0 bridgehead atoms. The molecule has 0 spiro atoms. The molecule has 1 aromatic rings. The predicted molar refractivity (Wildman–Crippen MR) is 71.5 cm³/mol. The van der Waals surface area contributed by atoms with Gasteiger partial charge in [0.25, 0.3) is 0 Å². The summed E-state index contributed by atoms with van der Waals surface area (Å²) in [4.78, 5) is 9.67. The molecule has 1 heterocycles. The third-order valence-corrected chi connectivity index (χ3v) is 5.74. The fourth-order valence-corrected chi connectivity index (χ4v) is 4.11. The van der Waals surface area contributed by atoms with Gasteiger partial charge in [0.05, 0.1) is 15.9 Å². The first-order chi connectivity index (χ1) is 9.81. The van der Waals surface area contributed by atoms with Crippen LogP contribution in [0.4, 0.5) is 14.5 Å². The first kappa shape index (κ1) is 15.8. The molecule has 9 heteroatoms. The van der Waals surface area contributed by atoms with E-state index in [2.05, 4.69) is 5.32 Å². The van der Waals surface area contributed by atoms with Crippen molar-refractivity contribution in [1.29, 1.82) is 0 Å². The SMILES string of the molecule is O=[N+]([O-])c1cc(CNCC2CCCS2(=O)=O)c(F)cc1F. The molecule has 0 amide bonds. The fraction of sp³-hybridized carbons (Fsp3) is 0.500. The highest BCUT2D eigenvalue weighted by atomic mass is 32.2. The fourth-order valence-electron chi connectivity index (χ4n) is 2.31. The molecular formula is C12H14F2N2O4S. The third-order valence-electron chi connectivity index (χ3n) is 3.46. The summed E-state index contributed by atoms with van der Waals surface area (Å²) in [6, 6.07) is 1.28. The quantitative estimate of drug-likeness (QED) is 0.656. The largest absolute Gasteiger partial charge is 0.311 e. The summed E-state index contributed by atoms with van der Waals surface area (Å²) in [6.45, 7) is 0.0475. The maximum absolute atomic E-state index is 13.5. The van der Waals surface area contributed by atoms with E-state index in [1.54, 1.807) is 0 Å². The van der Waals surface area contributed by atoms with E-state index in [0.717, 1.165) is 6.07 Å². The molecule has 0 radical (unpaired) electrons. The van der Waals surface area contributed by atoms with E-state index in [1.165, 1.54) is 0 Å². The molecule has 1 aliphatic rings. The van der Waals surface area contributed by atoms with Gasteiger partial charge in [0.1, 0.15) is 5.82 Å². The number of benzene rings is 1. The minimum atomic E-state index is -3.10. The molecule has 1 saturated heterocycles. The maximum Gasteiger partial charge on any atom is 0.305 e. The molecule has 1 aromatic carbocycles. The Morgan fingerprint density at radius 2 is 2.05 bits per heavy atom. The second-order valence-corrected chi connectivity index (χ2v) is 7.31. The highest BCUT2D eigenvalue weighted by molar-refractivity contribution is 7.92. The Kier molecular flexibility index (Phi) is 4.52. The van der Waals surface area contributed by atoms with E-state index in [9.17, 15) is 27.3 Å². The number of sulfone groups is 1. The monoisotopic (exact) mass is 320 g/mol. The van der Waals surface area contributed by atoms with E-state index in [4.69, 9.17) is 0 Å². The highest BCUT2D eigenvalue weighted by Gasteiger charge is 2.30. The summed E-state index contributed by atoms with van der Waals surface area (Å²) < 4.78 is 49.9. The molecule has 21 heavy (non-hydrogen) atoms. The molecule has 6 nitrogen and oxygen atoms in total. The number of hydrogen-bond acceptors (Lipinski definition) is 5. The Morgan fingerprint density at radius 1 is 1.33 bits per heavy atom. The molecule has 1 N–H and O–H groups in total. The lowest BCUT2D eigenvalue weighted by molar-refractivity contribution is -0.387. The van der Waals surface area contributed by atoms with Crippen molar-refractivity contribution in [2.45, 2.75) is 24.6 Å². The van der Waals surface area contributed by atoms with Gasteiger partial charge in [-0.05, 0) is 12.8 Å². The zero-order chi connectivity index (χ0) is 15.6. The number of nitrogens with one attached hydrogen (secondary N) is 1. The van der Waals surface area contributed by atoms with Gasteiger partial charge in [0, 0.05) is 30.8 Å². The van der Waals surface area contributed by atoms with Crippen LogP contribution < -0.4 is 5.32 Å². The first-order valence-electron chi connectivity index (χ1n) is 6.36. The number of halogens is 2. The zero-order valence-electron chi connectivity index (χ0n) is 11.0. The van der Waals surface area contributed by atoms with Crippen molar-refractivity contribution >= 4 is 15.5 Å². The van der Waals surface area contributed by atoms with Gasteiger partial charge in [-0.2, -0.15) is 4.39 Å². The van der Waals surface area contributed by atoms with Crippen molar-refractivity contribution in [3.05, 3.63) is 39.4 Å². The van der Waals surface area contributed by atoms with Crippen LogP contribution in [0.1, 0.15) is 18.4 Å². The second kappa shape index (κ2) is 6.02. The smallest absolute Gasteiger partial charge is 0.305 e. The van der Waals surface area contributed by atoms with Gasteiger partial charge in [0.2, 0.25) is 5.82 Å². The number of nitro groups is 1. The standard InChI is InChI=1S/C12H14F2N2O4S/c13-10-5-11(14)12(16(17)18)4-8(10)6-15-7-9-2-1-3-21(9,19)20/h4-5,9,15H,1-3,6-7H2. The van der Waals surface area contributed by atoms with Gasteiger partial charge in [-0.15, -0.1) is 0 Å². The van der Waals surface area contributed by atoms with Crippen LogP contribution in [0.25, 0.3) is 0 Å². The van der Waals surface area contributed by atoms with Crippen LogP contribution in [0.2, 0.25) is 0 Å². The zero-order valence-corrected chi connectivity index (χ0v) is 11.8. The van der Waals surface area contributed by atoms with Gasteiger partial charge in [0.15, 0.2) is 9.84 Å². The minimum Gasteiger partial charge on any atom is -0.311 e. The Hall–Kier alpha value is -1.61. The van der Waals surface area contributed by atoms with E-state index in [-0.39, 0.29) is 24.4 Å². The molecule has 116 valence electrons. The van der Waals surface area contributed by atoms with Gasteiger partial charge < -0.3 is 5.32 Å². The van der Waals surface area contributed by atoms with Crippen LogP contribution in [-0.4, -0.2) is 30.9 Å². The molecule has 1 atom stereocenters. The topological polar surface area (TPSA) is 89.3 Å². The van der Waals surface area contributed by atoms with Gasteiger partial charge in [-0.3, -0.25) is 10.1 Å².